The largest absolute Gasteiger partial charge is 0.495 e. The van der Waals surface area contributed by atoms with E-state index in [2.05, 4.69) is 63.4 Å². The van der Waals surface area contributed by atoms with Crippen molar-refractivity contribution in [1.82, 2.24) is 15.1 Å². The predicted molar refractivity (Wildman–Crippen MR) is 142 cm³/mol. The summed E-state index contributed by atoms with van der Waals surface area (Å²) in [6.07, 6.45) is 5.27. The molecule has 1 aliphatic rings. The Morgan fingerprint density at radius 3 is 2.61 bits per heavy atom. The molecule has 184 valence electrons. The van der Waals surface area contributed by atoms with Crippen LogP contribution in [0.4, 0.5) is 11.6 Å². The average Bonchev–Trinajstić information content (AvgIpc) is 3.34. The van der Waals surface area contributed by atoms with Gasteiger partial charge in [0, 0.05) is 22.7 Å². The number of carbonyl (C=O) groups excluding carboxylic acids is 1. The number of nitrogens with one attached hydrogen (secondary N) is 1. The number of aromatic nitrogens is 3. The Hall–Kier alpha value is -3.52. The van der Waals surface area contributed by atoms with Crippen molar-refractivity contribution in [2.24, 2.45) is 0 Å². The molecular formula is C28H27BrN4O3. The number of rotatable bonds is 8. The number of ketones is 1. The summed E-state index contributed by atoms with van der Waals surface area (Å²) in [4.78, 5) is 22.6. The molecule has 0 amide bonds. The Kier molecular flexibility index (Phi) is 6.87. The first-order valence-electron chi connectivity index (χ1n) is 12.1. The van der Waals surface area contributed by atoms with Crippen LogP contribution in [0.1, 0.15) is 52.2 Å². The first-order valence-corrected chi connectivity index (χ1v) is 12.9. The molecule has 0 saturated heterocycles. The second-order valence-corrected chi connectivity index (χ2v) is 9.65. The number of hydrogen-bond acceptors (Lipinski definition) is 7. The number of Topliss-reactive ketones (excluding diaryl/α,β-unsaturated/α-hetero) is 1. The first kappa shape index (κ1) is 24.2. The molecule has 0 saturated carbocycles. The van der Waals surface area contributed by atoms with E-state index in [0.717, 1.165) is 46.1 Å². The Balaban J connectivity index is 1.45. The highest BCUT2D eigenvalue weighted by Gasteiger charge is 2.29. The maximum Gasteiger partial charge on any atom is 0.227 e. The van der Waals surface area contributed by atoms with E-state index in [9.17, 15) is 4.79 Å². The molecule has 5 rings (SSSR count). The summed E-state index contributed by atoms with van der Waals surface area (Å²) in [5.41, 5.74) is 7.36. The normalized spacial score (nSPS) is 12.1. The van der Waals surface area contributed by atoms with Crippen LogP contribution in [0, 0.1) is 0 Å². The first-order chi connectivity index (χ1) is 17.5. The summed E-state index contributed by atoms with van der Waals surface area (Å²) in [5.74, 6) is 1.38. The van der Waals surface area contributed by atoms with E-state index >= 15 is 0 Å². The fourth-order valence-corrected chi connectivity index (χ4v) is 5.11. The van der Waals surface area contributed by atoms with E-state index in [1.807, 2.05) is 18.2 Å². The van der Waals surface area contributed by atoms with Crippen molar-refractivity contribution in [3.05, 3.63) is 80.6 Å². The summed E-state index contributed by atoms with van der Waals surface area (Å²) >= 11 is 3.46. The summed E-state index contributed by atoms with van der Waals surface area (Å²) in [6, 6.07) is 11.9. The molecule has 7 nitrogen and oxygen atoms in total. The topological polar surface area (TPSA) is 90.1 Å². The van der Waals surface area contributed by atoms with Crippen molar-refractivity contribution in [1.29, 1.82) is 0 Å². The second kappa shape index (κ2) is 10.2. The standard InChI is InChI=1S/C28H27BrN4O3/c1-4-16-7-6-8-17(5-2)21(16)14-23(34)27-20-11-9-18-15-30-28(32-25(18)26(20)33-36-27)31-22-12-10-19(29)13-24(22)35-3/h6-8,10,12-13,15H,4-5,9,11,14H2,1-3H3,(H,30,31,32). The van der Waals surface area contributed by atoms with E-state index in [4.69, 9.17) is 14.2 Å². The van der Waals surface area contributed by atoms with Gasteiger partial charge >= 0.3 is 0 Å². The molecule has 8 heteroatoms. The Morgan fingerprint density at radius 2 is 1.89 bits per heavy atom. The van der Waals surface area contributed by atoms with Gasteiger partial charge in [-0.1, -0.05) is 53.1 Å². The molecule has 4 aromatic rings. The second-order valence-electron chi connectivity index (χ2n) is 8.74. The van der Waals surface area contributed by atoms with Gasteiger partial charge in [-0.15, -0.1) is 0 Å². The quantitative estimate of drug-likeness (QED) is 0.259. The van der Waals surface area contributed by atoms with Crippen LogP contribution in [0.25, 0.3) is 11.4 Å². The molecule has 2 aromatic carbocycles. The molecule has 1 N–H and O–H groups in total. The molecule has 0 spiro atoms. The Labute approximate surface area is 218 Å². The van der Waals surface area contributed by atoms with Crippen molar-refractivity contribution < 1.29 is 14.1 Å². The van der Waals surface area contributed by atoms with Crippen LogP contribution in [0.3, 0.4) is 0 Å². The van der Waals surface area contributed by atoms with E-state index in [1.165, 1.54) is 11.1 Å². The smallest absolute Gasteiger partial charge is 0.227 e. The lowest BCUT2D eigenvalue weighted by Gasteiger charge is -2.16. The number of aryl methyl sites for hydroxylation is 3. The van der Waals surface area contributed by atoms with Gasteiger partial charge in [-0.25, -0.2) is 9.97 Å². The minimum atomic E-state index is -0.0465. The van der Waals surface area contributed by atoms with Gasteiger partial charge in [-0.3, -0.25) is 4.79 Å². The van der Waals surface area contributed by atoms with Crippen LogP contribution in [0.5, 0.6) is 5.75 Å². The monoisotopic (exact) mass is 546 g/mol. The predicted octanol–water partition coefficient (Wildman–Crippen LogP) is 6.30. The van der Waals surface area contributed by atoms with E-state index in [-0.39, 0.29) is 5.78 Å². The number of hydrogen-bond donors (Lipinski definition) is 1. The van der Waals surface area contributed by atoms with Crippen LogP contribution in [0.2, 0.25) is 0 Å². The molecule has 0 radical (unpaired) electrons. The fraction of sp³-hybridized carbons (Fsp3) is 0.286. The highest BCUT2D eigenvalue weighted by atomic mass is 79.9. The van der Waals surface area contributed by atoms with Gasteiger partial charge < -0.3 is 14.6 Å². The van der Waals surface area contributed by atoms with E-state index < -0.39 is 0 Å². The third-order valence-corrected chi connectivity index (χ3v) is 7.15. The molecule has 36 heavy (non-hydrogen) atoms. The number of carbonyl (C=O) groups is 1. The zero-order valence-corrected chi connectivity index (χ0v) is 22.1. The zero-order chi connectivity index (χ0) is 25.2. The highest BCUT2D eigenvalue weighted by molar-refractivity contribution is 9.10. The molecule has 0 bridgehead atoms. The minimum absolute atomic E-state index is 0.0465. The number of benzene rings is 2. The highest BCUT2D eigenvalue weighted by Crippen LogP contribution is 2.35. The summed E-state index contributed by atoms with van der Waals surface area (Å²) < 4.78 is 12.0. The SMILES string of the molecule is CCc1cccc(CC)c1CC(=O)c1onc2c1CCc1cnc(Nc3ccc(Br)cc3OC)nc1-2. The molecular weight excluding hydrogens is 520 g/mol. The van der Waals surface area contributed by atoms with Gasteiger partial charge in [0.15, 0.2) is 0 Å². The minimum Gasteiger partial charge on any atom is -0.495 e. The molecule has 0 aliphatic heterocycles. The number of ether oxygens (including phenoxy) is 1. The van der Waals surface area contributed by atoms with E-state index in [1.54, 1.807) is 13.3 Å². The Morgan fingerprint density at radius 1 is 1.11 bits per heavy atom. The van der Waals surface area contributed by atoms with Crippen LogP contribution < -0.4 is 10.1 Å². The van der Waals surface area contributed by atoms with Gasteiger partial charge in [-0.2, -0.15) is 0 Å². The number of fused-ring (bicyclic) bond motifs is 3. The van der Waals surface area contributed by atoms with Crippen molar-refractivity contribution in [2.45, 2.75) is 46.0 Å². The number of methoxy groups -OCH3 is 1. The molecule has 0 unspecified atom stereocenters. The van der Waals surface area contributed by atoms with Crippen LogP contribution in [-0.2, 0) is 32.1 Å². The van der Waals surface area contributed by atoms with Gasteiger partial charge in [0.1, 0.15) is 17.1 Å². The summed E-state index contributed by atoms with van der Waals surface area (Å²) in [5, 5.41) is 7.52. The zero-order valence-electron chi connectivity index (χ0n) is 20.5. The van der Waals surface area contributed by atoms with Crippen molar-refractivity contribution >= 4 is 33.3 Å². The van der Waals surface area contributed by atoms with Crippen LogP contribution >= 0.6 is 15.9 Å². The molecule has 0 atom stereocenters. The van der Waals surface area contributed by atoms with Crippen LogP contribution in [-0.4, -0.2) is 28.0 Å². The van der Waals surface area contributed by atoms with E-state index in [0.29, 0.717) is 41.7 Å². The third kappa shape index (κ3) is 4.53. The maximum atomic E-state index is 13.4. The molecule has 2 aromatic heterocycles. The van der Waals surface area contributed by atoms with Crippen LogP contribution in [0.15, 0.2) is 51.6 Å². The van der Waals surface area contributed by atoms with Gasteiger partial charge in [0.2, 0.25) is 17.5 Å². The van der Waals surface area contributed by atoms with Crippen molar-refractivity contribution in [2.75, 3.05) is 12.4 Å². The maximum absolute atomic E-state index is 13.4. The third-order valence-electron chi connectivity index (χ3n) is 6.65. The van der Waals surface area contributed by atoms with Crippen molar-refractivity contribution in [3.63, 3.8) is 0 Å². The molecule has 1 aliphatic carbocycles. The number of halogens is 1. The summed E-state index contributed by atoms with van der Waals surface area (Å²) in [7, 11) is 1.61. The van der Waals surface area contributed by atoms with Gasteiger partial charge in [0.05, 0.1) is 12.8 Å². The lowest BCUT2D eigenvalue weighted by Crippen LogP contribution is -2.13. The number of anilines is 2. The lowest BCUT2D eigenvalue weighted by atomic mass is 9.89. The Bertz CT molecular complexity index is 1420. The van der Waals surface area contributed by atoms with Gasteiger partial charge in [0.25, 0.3) is 0 Å². The van der Waals surface area contributed by atoms with Gasteiger partial charge in [-0.05, 0) is 66.1 Å². The molecule has 2 heterocycles. The average molecular weight is 547 g/mol. The molecule has 0 fully saturated rings. The lowest BCUT2D eigenvalue weighted by molar-refractivity contribution is 0.0955. The fourth-order valence-electron chi connectivity index (χ4n) is 4.77. The summed E-state index contributed by atoms with van der Waals surface area (Å²) in [6.45, 7) is 4.23. The number of nitrogens with zero attached hydrogens (tertiary/aromatic N) is 3. The van der Waals surface area contributed by atoms with Crippen molar-refractivity contribution in [3.8, 4) is 17.1 Å².